The molecule has 6 nitrogen and oxygen atoms in total. The zero-order valence-electron chi connectivity index (χ0n) is 15.1. The van der Waals surface area contributed by atoms with E-state index in [1.54, 1.807) is 12.4 Å². The van der Waals surface area contributed by atoms with Gasteiger partial charge in [0, 0.05) is 31.3 Å². The summed E-state index contributed by atoms with van der Waals surface area (Å²) < 4.78 is 6.83. The van der Waals surface area contributed by atoms with Crippen LogP contribution in [0.15, 0.2) is 49.1 Å². The fourth-order valence-electron chi connectivity index (χ4n) is 3.51. The molecule has 6 heteroatoms. The Bertz CT molecular complexity index is 715. The molecule has 2 atom stereocenters. The maximum Gasteiger partial charge on any atom is 0.419 e. The van der Waals surface area contributed by atoms with Gasteiger partial charge in [0.2, 0.25) is 5.91 Å². The first-order valence-electron chi connectivity index (χ1n) is 9.20. The Morgan fingerprint density at radius 2 is 2.12 bits per heavy atom. The van der Waals surface area contributed by atoms with Crippen LogP contribution in [-0.4, -0.2) is 39.6 Å². The lowest BCUT2D eigenvalue weighted by molar-refractivity contribution is -0.140. The first-order valence-corrected chi connectivity index (χ1v) is 9.20. The van der Waals surface area contributed by atoms with E-state index >= 15 is 0 Å². The smallest absolute Gasteiger partial charge is 0.419 e. The molecule has 1 fully saturated rings. The monoisotopic (exact) mass is 355 g/mol. The third-order valence-corrected chi connectivity index (χ3v) is 4.86. The molecule has 2 aromatic rings. The van der Waals surface area contributed by atoms with Gasteiger partial charge in [-0.1, -0.05) is 43.7 Å². The number of hydrogen-bond donors (Lipinski definition) is 0. The van der Waals surface area contributed by atoms with E-state index in [0.29, 0.717) is 6.42 Å². The van der Waals surface area contributed by atoms with Gasteiger partial charge in [0.1, 0.15) is 6.33 Å². The minimum Gasteiger partial charge on any atom is -0.449 e. The van der Waals surface area contributed by atoms with Gasteiger partial charge < -0.3 is 9.64 Å². The lowest BCUT2D eigenvalue weighted by Gasteiger charge is -2.41. The average Bonchev–Trinajstić information content (AvgIpc) is 3.21. The maximum absolute atomic E-state index is 12.6. The third kappa shape index (κ3) is 4.12. The summed E-state index contributed by atoms with van der Waals surface area (Å²) >= 11 is 0. The second-order valence-electron chi connectivity index (χ2n) is 6.64. The summed E-state index contributed by atoms with van der Waals surface area (Å²) in [5.41, 5.74) is 1.10. The van der Waals surface area contributed by atoms with Gasteiger partial charge in [0.25, 0.3) is 0 Å². The van der Waals surface area contributed by atoms with E-state index in [0.717, 1.165) is 31.4 Å². The summed E-state index contributed by atoms with van der Waals surface area (Å²) in [6.45, 7) is 3.14. The van der Waals surface area contributed by atoms with Crippen LogP contribution in [0.25, 0.3) is 0 Å². The number of carbonyl (C=O) groups excluding carboxylic acids is 2. The van der Waals surface area contributed by atoms with Crippen molar-refractivity contribution >= 4 is 12.0 Å². The number of hydrogen-bond acceptors (Lipinski definition) is 4. The summed E-state index contributed by atoms with van der Waals surface area (Å²) in [5, 5.41) is 0. The Balaban J connectivity index is 1.77. The average molecular weight is 355 g/mol. The first kappa shape index (κ1) is 18.2. The zero-order chi connectivity index (χ0) is 18.4. The largest absolute Gasteiger partial charge is 0.449 e. The summed E-state index contributed by atoms with van der Waals surface area (Å²) in [5.74, 6) is 0.268. The predicted molar refractivity (Wildman–Crippen MR) is 97.5 cm³/mol. The molecule has 0 bridgehead atoms. The molecule has 0 aliphatic carbocycles. The molecule has 3 rings (SSSR count). The zero-order valence-corrected chi connectivity index (χ0v) is 15.1. The van der Waals surface area contributed by atoms with Crippen molar-refractivity contribution in [1.82, 2.24) is 14.5 Å². The van der Waals surface area contributed by atoms with E-state index in [-0.39, 0.29) is 24.5 Å². The van der Waals surface area contributed by atoms with Crippen LogP contribution in [-0.2, 0) is 9.53 Å². The van der Waals surface area contributed by atoms with Crippen LogP contribution in [0.4, 0.5) is 4.79 Å². The molecule has 1 aromatic carbocycles. The highest BCUT2D eigenvalue weighted by atomic mass is 16.5. The molecule has 2 unspecified atom stereocenters. The number of amides is 1. The van der Waals surface area contributed by atoms with Crippen molar-refractivity contribution in [2.24, 2.45) is 5.92 Å². The number of benzene rings is 1. The Labute approximate surface area is 153 Å². The third-order valence-electron chi connectivity index (χ3n) is 4.86. The molecule has 138 valence electrons. The second kappa shape index (κ2) is 8.65. The van der Waals surface area contributed by atoms with Crippen molar-refractivity contribution in [2.75, 3.05) is 13.2 Å². The fourth-order valence-corrected chi connectivity index (χ4v) is 3.51. The van der Waals surface area contributed by atoms with Crippen LogP contribution in [0.1, 0.15) is 44.2 Å². The van der Waals surface area contributed by atoms with Crippen LogP contribution in [0.2, 0.25) is 0 Å². The Morgan fingerprint density at radius 1 is 1.31 bits per heavy atom. The van der Waals surface area contributed by atoms with E-state index in [1.165, 1.54) is 10.9 Å². The van der Waals surface area contributed by atoms with Gasteiger partial charge in [0.05, 0.1) is 12.6 Å². The van der Waals surface area contributed by atoms with E-state index in [4.69, 9.17) is 4.74 Å². The standard InChI is InChI=1S/C20H25N3O3/c1-2-3-12-23-18(24)10-9-17(19(23)16-7-5-4-6-8-16)14-26-20(25)22-13-11-21-15-22/h4-8,11,13,15,17,19H,2-3,9-10,12,14H2,1H3. The Hall–Kier alpha value is -2.63. The summed E-state index contributed by atoms with van der Waals surface area (Å²) in [6, 6.07) is 9.99. The lowest BCUT2D eigenvalue weighted by Crippen LogP contribution is -2.45. The van der Waals surface area contributed by atoms with Crippen LogP contribution in [0.3, 0.4) is 0 Å². The van der Waals surface area contributed by atoms with Crippen molar-refractivity contribution in [3.63, 3.8) is 0 Å². The van der Waals surface area contributed by atoms with Crippen molar-refractivity contribution in [3.8, 4) is 0 Å². The Kier molecular flexibility index (Phi) is 6.04. The molecule has 0 spiro atoms. The summed E-state index contributed by atoms with van der Waals surface area (Å²) in [4.78, 5) is 30.5. The fraction of sp³-hybridized carbons (Fsp3) is 0.450. The van der Waals surface area contributed by atoms with Crippen molar-refractivity contribution in [1.29, 1.82) is 0 Å². The quantitative estimate of drug-likeness (QED) is 0.793. The molecule has 0 N–H and O–H groups in total. The Morgan fingerprint density at radius 3 is 2.81 bits per heavy atom. The van der Waals surface area contributed by atoms with E-state index in [2.05, 4.69) is 11.9 Å². The molecule has 1 saturated heterocycles. The SMILES string of the molecule is CCCCN1C(=O)CCC(COC(=O)n2ccnc2)C1c1ccccc1. The predicted octanol–water partition coefficient (Wildman–Crippen LogP) is 3.65. The highest BCUT2D eigenvalue weighted by molar-refractivity contribution is 5.77. The lowest BCUT2D eigenvalue weighted by atomic mass is 9.84. The van der Waals surface area contributed by atoms with Crippen molar-refractivity contribution < 1.29 is 14.3 Å². The van der Waals surface area contributed by atoms with E-state index in [1.807, 2.05) is 35.2 Å². The number of unbranched alkanes of at least 4 members (excludes halogenated alkanes) is 1. The summed E-state index contributed by atoms with van der Waals surface area (Å²) in [7, 11) is 0. The van der Waals surface area contributed by atoms with Gasteiger partial charge in [-0.25, -0.2) is 14.3 Å². The number of piperidine rings is 1. The normalized spacial score (nSPS) is 20.2. The number of imidazole rings is 1. The molecule has 1 amide bonds. The molecule has 0 saturated carbocycles. The summed E-state index contributed by atoms with van der Waals surface area (Å²) in [6.07, 6.45) is 7.32. The number of likely N-dealkylation sites (tertiary alicyclic amines) is 1. The minimum atomic E-state index is -0.439. The number of rotatable bonds is 6. The highest BCUT2D eigenvalue weighted by Crippen LogP contribution is 2.37. The number of carbonyl (C=O) groups is 2. The minimum absolute atomic E-state index is 0.0559. The van der Waals surface area contributed by atoms with Crippen molar-refractivity contribution in [2.45, 2.75) is 38.6 Å². The van der Waals surface area contributed by atoms with Gasteiger partial charge in [-0.3, -0.25) is 4.79 Å². The van der Waals surface area contributed by atoms with Gasteiger partial charge in [0.15, 0.2) is 0 Å². The van der Waals surface area contributed by atoms with Gasteiger partial charge in [-0.15, -0.1) is 0 Å². The number of nitrogens with zero attached hydrogens (tertiary/aromatic N) is 3. The van der Waals surface area contributed by atoms with Crippen molar-refractivity contribution in [3.05, 3.63) is 54.6 Å². The second-order valence-corrected chi connectivity index (χ2v) is 6.64. The van der Waals surface area contributed by atoms with Crippen LogP contribution in [0.5, 0.6) is 0 Å². The van der Waals surface area contributed by atoms with E-state index in [9.17, 15) is 9.59 Å². The van der Waals surface area contributed by atoms with Gasteiger partial charge in [-0.05, 0) is 18.4 Å². The first-order chi connectivity index (χ1) is 12.7. The maximum atomic E-state index is 12.6. The molecule has 1 aliphatic rings. The number of aromatic nitrogens is 2. The molecular formula is C20H25N3O3. The molecular weight excluding hydrogens is 330 g/mol. The van der Waals surface area contributed by atoms with Gasteiger partial charge >= 0.3 is 6.09 Å². The van der Waals surface area contributed by atoms with Crippen LogP contribution < -0.4 is 0 Å². The highest BCUT2D eigenvalue weighted by Gasteiger charge is 2.37. The van der Waals surface area contributed by atoms with E-state index < -0.39 is 6.09 Å². The van der Waals surface area contributed by atoms with Crippen LogP contribution in [0, 0.1) is 5.92 Å². The number of ether oxygens (including phenoxy) is 1. The molecule has 26 heavy (non-hydrogen) atoms. The topological polar surface area (TPSA) is 64.4 Å². The molecule has 0 radical (unpaired) electrons. The van der Waals surface area contributed by atoms with Crippen LogP contribution >= 0.6 is 0 Å². The molecule has 2 heterocycles. The molecule has 1 aromatic heterocycles. The van der Waals surface area contributed by atoms with Gasteiger partial charge in [-0.2, -0.15) is 0 Å². The molecule has 1 aliphatic heterocycles.